The Hall–Kier alpha value is -0.160. The third-order valence-electron chi connectivity index (χ3n) is 2.07. The first-order chi connectivity index (χ1) is 7.41. The van der Waals surface area contributed by atoms with Gasteiger partial charge in [-0.3, -0.25) is 0 Å². The molecule has 92 valence electrons. The van der Waals surface area contributed by atoms with Crippen LogP contribution in [0.15, 0.2) is 0 Å². The summed E-state index contributed by atoms with van der Waals surface area (Å²) in [5.74, 6) is 0. The Bertz CT molecular complexity index is 96.8. The van der Waals surface area contributed by atoms with Crippen LogP contribution in [0.1, 0.15) is 58.8 Å². The van der Waals surface area contributed by atoms with Crippen LogP contribution in [0.3, 0.4) is 0 Å². The van der Waals surface area contributed by atoms with E-state index in [1.807, 2.05) is 0 Å². The molecule has 0 amide bonds. The summed E-state index contributed by atoms with van der Waals surface area (Å²) in [5, 5.41) is 8.52. The number of hydrogen-bond donors (Lipinski definition) is 0. The van der Waals surface area contributed by atoms with Gasteiger partial charge in [0, 0.05) is 0 Å². The molecule has 0 heterocycles. The van der Waals surface area contributed by atoms with Gasteiger partial charge in [0.25, 0.3) is 0 Å². The minimum atomic E-state index is 0.445. The lowest BCUT2D eigenvalue weighted by Gasteiger charge is -2.01. The minimum Gasteiger partial charge on any atom is -0.204 e. The van der Waals surface area contributed by atoms with Gasteiger partial charge in [-0.05, 0) is 23.4 Å². The van der Waals surface area contributed by atoms with Crippen LogP contribution in [0.2, 0.25) is 0 Å². The van der Waals surface area contributed by atoms with Crippen molar-refractivity contribution >= 4 is 0 Å². The molecule has 0 spiro atoms. The molecule has 4 heteroatoms. The van der Waals surface area contributed by atoms with E-state index in [0.29, 0.717) is 13.2 Å². The molecule has 0 aromatic carbocycles. The maximum atomic E-state index is 4.72. The van der Waals surface area contributed by atoms with Crippen molar-refractivity contribution in [3.8, 4) is 0 Å². The van der Waals surface area contributed by atoms with Crippen LogP contribution in [0.5, 0.6) is 0 Å². The Labute approximate surface area is 92.6 Å². The summed E-state index contributed by atoms with van der Waals surface area (Å²) in [6.45, 7) is 5.03. The second-order valence-electron chi connectivity index (χ2n) is 3.49. The van der Waals surface area contributed by atoms with Crippen molar-refractivity contribution in [1.82, 2.24) is 0 Å². The molecule has 0 aromatic rings. The van der Waals surface area contributed by atoms with Crippen LogP contribution in [-0.4, -0.2) is 13.2 Å². The number of hydrogen-bond acceptors (Lipinski definition) is 4. The highest BCUT2D eigenvalue weighted by molar-refractivity contribution is 4.43. The van der Waals surface area contributed by atoms with Gasteiger partial charge in [0.05, 0.1) is 13.2 Å². The first-order valence-electron chi connectivity index (χ1n) is 5.99. The largest absolute Gasteiger partial charge is 0.204 e. The van der Waals surface area contributed by atoms with Crippen LogP contribution in [0, 0.1) is 0 Å². The third kappa shape index (κ3) is 13.8. The lowest BCUT2D eigenvalue weighted by atomic mass is 10.1. The summed E-state index contributed by atoms with van der Waals surface area (Å²) in [6, 6.07) is 0. The maximum Gasteiger partial charge on any atom is 0.0854 e. The minimum absolute atomic E-state index is 0.445. The summed E-state index contributed by atoms with van der Waals surface area (Å²) in [4.78, 5) is 9.17. The van der Waals surface area contributed by atoms with E-state index in [9.17, 15) is 0 Å². The highest BCUT2D eigenvalue weighted by Gasteiger charge is 1.92. The van der Waals surface area contributed by atoms with Crippen molar-refractivity contribution in [1.29, 1.82) is 0 Å². The highest BCUT2D eigenvalue weighted by atomic mass is 17.7. The van der Waals surface area contributed by atoms with Crippen molar-refractivity contribution in [2.24, 2.45) is 0 Å². The molecule has 0 radical (unpaired) electrons. The van der Waals surface area contributed by atoms with Crippen molar-refractivity contribution in [3.63, 3.8) is 0 Å². The summed E-state index contributed by atoms with van der Waals surface area (Å²) < 4.78 is 0. The zero-order valence-corrected chi connectivity index (χ0v) is 10.00. The van der Waals surface area contributed by atoms with Crippen LogP contribution in [0.4, 0.5) is 0 Å². The van der Waals surface area contributed by atoms with Gasteiger partial charge in [-0.2, -0.15) is 0 Å². The van der Waals surface area contributed by atoms with Gasteiger partial charge < -0.3 is 0 Å². The quantitative estimate of drug-likeness (QED) is 0.286. The predicted molar refractivity (Wildman–Crippen MR) is 57.7 cm³/mol. The van der Waals surface area contributed by atoms with Gasteiger partial charge in [-0.1, -0.05) is 45.4 Å². The second kappa shape index (κ2) is 13.8. The fourth-order valence-electron chi connectivity index (χ4n) is 1.24. The molecule has 0 fully saturated rings. The van der Waals surface area contributed by atoms with Crippen molar-refractivity contribution < 1.29 is 19.9 Å². The predicted octanol–water partition coefficient (Wildman–Crippen LogP) is 3.57. The standard InChI is InChI=1S/C11H24O4/c1-3-5-6-7-8-9-10-11-13-15-14-12-4-2/h3-11H2,1-2H3. The Morgan fingerprint density at radius 2 is 1.27 bits per heavy atom. The SMILES string of the molecule is CCCCCCCCCOOOOCC. The monoisotopic (exact) mass is 220 g/mol. The molecule has 0 N–H and O–H groups in total. The van der Waals surface area contributed by atoms with Crippen molar-refractivity contribution in [3.05, 3.63) is 0 Å². The summed E-state index contributed by atoms with van der Waals surface area (Å²) in [7, 11) is 0. The molecule has 4 nitrogen and oxygen atoms in total. The molecule has 0 aliphatic carbocycles. The molecule has 0 bridgehead atoms. The molecule has 0 rings (SSSR count). The fourth-order valence-corrected chi connectivity index (χ4v) is 1.24. The molecule has 0 saturated carbocycles. The molecule has 0 aliphatic rings. The van der Waals surface area contributed by atoms with E-state index in [1.165, 1.54) is 38.5 Å². The van der Waals surface area contributed by atoms with E-state index < -0.39 is 0 Å². The van der Waals surface area contributed by atoms with Gasteiger partial charge in [0.2, 0.25) is 0 Å². The molecule has 0 aliphatic heterocycles. The van der Waals surface area contributed by atoms with E-state index in [4.69, 9.17) is 4.89 Å². The van der Waals surface area contributed by atoms with E-state index >= 15 is 0 Å². The third-order valence-corrected chi connectivity index (χ3v) is 2.07. The Balaban J connectivity index is 2.81. The van der Waals surface area contributed by atoms with E-state index in [2.05, 4.69) is 21.9 Å². The summed E-state index contributed by atoms with van der Waals surface area (Å²) >= 11 is 0. The normalized spacial score (nSPS) is 10.8. The number of rotatable bonds is 12. The lowest BCUT2D eigenvalue weighted by Crippen LogP contribution is -1.99. The van der Waals surface area contributed by atoms with Crippen LogP contribution in [0.25, 0.3) is 0 Å². The Morgan fingerprint density at radius 1 is 0.667 bits per heavy atom. The molecule has 0 atom stereocenters. The van der Waals surface area contributed by atoms with Gasteiger partial charge in [-0.25, -0.2) is 9.78 Å². The van der Waals surface area contributed by atoms with Crippen LogP contribution < -0.4 is 0 Å². The smallest absolute Gasteiger partial charge is 0.0854 e. The molecule has 0 unspecified atom stereocenters. The lowest BCUT2D eigenvalue weighted by molar-refractivity contribution is -0.633. The Kier molecular flexibility index (Phi) is 13.7. The van der Waals surface area contributed by atoms with Gasteiger partial charge in [0.15, 0.2) is 0 Å². The number of unbranched alkanes of at least 4 members (excludes halogenated alkanes) is 6. The van der Waals surface area contributed by atoms with Crippen LogP contribution in [-0.2, 0) is 19.9 Å². The first-order valence-corrected chi connectivity index (χ1v) is 5.99. The average molecular weight is 220 g/mol. The molecule has 15 heavy (non-hydrogen) atoms. The Morgan fingerprint density at radius 3 is 1.93 bits per heavy atom. The molecular formula is C11H24O4. The van der Waals surface area contributed by atoms with Crippen molar-refractivity contribution in [2.45, 2.75) is 58.8 Å². The van der Waals surface area contributed by atoms with E-state index in [0.717, 1.165) is 6.42 Å². The van der Waals surface area contributed by atoms with Gasteiger partial charge in [-0.15, -0.1) is 0 Å². The summed E-state index contributed by atoms with van der Waals surface area (Å²) in [6.07, 6.45) is 8.78. The second-order valence-corrected chi connectivity index (χ2v) is 3.49. The van der Waals surface area contributed by atoms with E-state index in [1.54, 1.807) is 6.92 Å². The highest BCUT2D eigenvalue weighted by Crippen LogP contribution is 2.06. The van der Waals surface area contributed by atoms with Crippen LogP contribution >= 0.6 is 0 Å². The first kappa shape index (κ1) is 14.8. The van der Waals surface area contributed by atoms with Gasteiger partial charge >= 0.3 is 0 Å². The fraction of sp³-hybridized carbons (Fsp3) is 1.00. The zero-order chi connectivity index (χ0) is 11.2. The molecule has 0 saturated heterocycles. The summed E-state index contributed by atoms with van der Waals surface area (Å²) in [5.41, 5.74) is 0. The molecular weight excluding hydrogens is 196 g/mol. The van der Waals surface area contributed by atoms with E-state index in [-0.39, 0.29) is 0 Å². The average Bonchev–Trinajstić information content (AvgIpc) is 2.26. The molecule has 0 aromatic heterocycles. The van der Waals surface area contributed by atoms with Gasteiger partial charge in [0.1, 0.15) is 0 Å². The topological polar surface area (TPSA) is 36.9 Å². The maximum absolute atomic E-state index is 4.72. The zero-order valence-electron chi connectivity index (χ0n) is 10.00. The van der Waals surface area contributed by atoms with Crippen molar-refractivity contribution in [2.75, 3.05) is 13.2 Å².